The number of carbonyl (C=O) groups excluding carboxylic acids is 1. The topological polar surface area (TPSA) is 72.8 Å². The largest absolute Gasteiger partial charge is 0.490 e. The van der Waals surface area contributed by atoms with Crippen molar-refractivity contribution in [2.24, 2.45) is 5.10 Å². The molecule has 0 bridgehead atoms. The monoisotopic (exact) mass is 439 g/mol. The van der Waals surface area contributed by atoms with Gasteiger partial charge in [0.25, 0.3) is 0 Å². The molecule has 0 saturated carbocycles. The van der Waals surface area contributed by atoms with Gasteiger partial charge in [0.05, 0.1) is 34.5 Å². The Balaban J connectivity index is 2.16. The molecule has 1 N–H and O–H groups in total. The van der Waals surface area contributed by atoms with Gasteiger partial charge in [-0.15, -0.1) is 0 Å². The van der Waals surface area contributed by atoms with Gasteiger partial charge in [-0.25, -0.2) is 4.98 Å². The zero-order chi connectivity index (χ0) is 19.1. The van der Waals surface area contributed by atoms with Crippen molar-refractivity contribution in [2.45, 2.75) is 34.1 Å². The Morgan fingerprint density at radius 3 is 2.77 bits per heavy atom. The third kappa shape index (κ3) is 5.28. The first-order valence-corrected chi connectivity index (χ1v) is 9.93. The van der Waals surface area contributed by atoms with Crippen LogP contribution in [0.1, 0.15) is 48.1 Å². The number of hydrazone groups is 1. The molecule has 140 valence electrons. The van der Waals surface area contributed by atoms with Crippen LogP contribution >= 0.6 is 27.3 Å². The molecular formula is C18H22BrN3O3S. The van der Waals surface area contributed by atoms with Crippen LogP contribution < -0.4 is 14.9 Å². The average Bonchev–Trinajstić information content (AvgIpc) is 2.95. The van der Waals surface area contributed by atoms with E-state index in [1.54, 1.807) is 6.21 Å². The number of ketones is 1. The van der Waals surface area contributed by atoms with Crippen LogP contribution in [-0.4, -0.2) is 30.2 Å². The molecule has 0 aliphatic carbocycles. The summed E-state index contributed by atoms with van der Waals surface area (Å²) in [5, 5.41) is 4.78. The first-order valence-electron chi connectivity index (χ1n) is 8.32. The molecule has 26 heavy (non-hydrogen) atoms. The van der Waals surface area contributed by atoms with Crippen molar-refractivity contribution in [1.29, 1.82) is 0 Å². The van der Waals surface area contributed by atoms with Gasteiger partial charge < -0.3 is 9.47 Å². The van der Waals surface area contributed by atoms with Crippen molar-refractivity contribution < 1.29 is 14.3 Å². The lowest BCUT2D eigenvalue weighted by Crippen LogP contribution is -2.02. The van der Waals surface area contributed by atoms with Crippen molar-refractivity contribution >= 4 is 44.4 Å². The van der Waals surface area contributed by atoms with E-state index in [0.29, 0.717) is 40.4 Å². The van der Waals surface area contributed by atoms with E-state index in [0.717, 1.165) is 16.5 Å². The lowest BCUT2D eigenvalue weighted by Gasteiger charge is -2.14. The molecular weight excluding hydrogens is 418 g/mol. The number of nitrogens with zero attached hydrogens (tertiary/aromatic N) is 2. The molecule has 6 nitrogen and oxygen atoms in total. The minimum absolute atomic E-state index is 0.00462. The molecule has 0 saturated heterocycles. The molecule has 8 heteroatoms. The van der Waals surface area contributed by atoms with E-state index in [9.17, 15) is 4.79 Å². The third-order valence-electron chi connectivity index (χ3n) is 3.27. The molecule has 0 aliphatic heterocycles. The van der Waals surface area contributed by atoms with Gasteiger partial charge >= 0.3 is 0 Å². The van der Waals surface area contributed by atoms with E-state index < -0.39 is 0 Å². The SMILES string of the molecule is CCCOc1c(Br)cc(/C=N\Nc2nc(C)c(C(C)=O)s2)cc1OCC. The molecule has 1 aromatic heterocycles. The number of benzene rings is 1. The number of hydrogen-bond acceptors (Lipinski definition) is 7. The van der Waals surface area contributed by atoms with Gasteiger partial charge in [0.1, 0.15) is 0 Å². The zero-order valence-electron chi connectivity index (χ0n) is 15.3. The first-order chi connectivity index (χ1) is 12.5. The van der Waals surface area contributed by atoms with Crippen LogP contribution in [0.2, 0.25) is 0 Å². The fraction of sp³-hybridized carbons (Fsp3) is 0.389. The summed E-state index contributed by atoms with van der Waals surface area (Å²) >= 11 is 4.82. The average molecular weight is 440 g/mol. The van der Waals surface area contributed by atoms with Gasteiger partial charge in [0.2, 0.25) is 5.13 Å². The van der Waals surface area contributed by atoms with Gasteiger partial charge in [-0.1, -0.05) is 18.3 Å². The Labute approximate surface area is 165 Å². The standard InChI is InChI=1S/C18H22BrN3O3S/c1-5-7-25-16-14(19)8-13(9-15(16)24-6-2)10-20-22-18-21-11(3)17(26-18)12(4)23/h8-10H,5-7H2,1-4H3,(H,21,22)/b20-10-. The molecule has 0 atom stereocenters. The molecule has 1 aromatic carbocycles. The molecule has 0 fully saturated rings. The predicted octanol–water partition coefficient (Wildman–Crippen LogP) is 5.05. The lowest BCUT2D eigenvalue weighted by molar-refractivity contribution is 0.102. The maximum absolute atomic E-state index is 11.5. The van der Waals surface area contributed by atoms with Crippen molar-refractivity contribution in [3.63, 3.8) is 0 Å². The van der Waals surface area contributed by atoms with Crippen molar-refractivity contribution in [3.05, 3.63) is 32.7 Å². The predicted molar refractivity (Wildman–Crippen MR) is 109 cm³/mol. The number of ether oxygens (including phenoxy) is 2. The van der Waals surface area contributed by atoms with Crippen LogP contribution in [0.25, 0.3) is 0 Å². The third-order valence-corrected chi connectivity index (χ3v) is 5.02. The van der Waals surface area contributed by atoms with E-state index in [-0.39, 0.29) is 5.78 Å². The number of anilines is 1. The quantitative estimate of drug-likeness (QED) is 0.336. The Kier molecular flexibility index (Phi) is 7.59. The highest BCUT2D eigenvalue weighted by Crippen LogP contribution is 2.36. The molecule has 0 unspecified atom stereocenters. The summed E-state index contributed by atoms with van der Waals surface area (Å²) in [5.74, 6) is 1.37. The highest BCUT2D eigenvalue weighted by molar-refractivity contribution is 9.10. The summed E-state index contributed by atoms with van der Waals surface area (Å²) in [4.78, 5) is 16.4. The maximum atomic E-state index is 11.5. The fourth-order valence-corrected chi connectivity index (χ4v) is 3.59. The van der Waals surface area contributed by atoms with Gasteiger partial charge in [-0.05, 0) is 53.9 Å². The summed E-state index contributed by atoms with van der Waals surface area (Å²) in [6.07, 6.45) is 2.58. The number of halogens is 1. The minimum atomic E-state index is 0.00462. The second-order valence-electron chi connectivity index (χ2n) is 5.47. The molecule has 2 rings (SSSR count). The van der Waals surface area contributed by atoms with Gasteiger partial charge in [0.15, 0.2) is 17.3 Å². The number of thiazole rings is 1. The molecule has 0 radical (unpaired) electrons. The second kappa shape index (κ2) is 9.68. The van der Waals surface area contributed by atoms with Gasteiger partial charge in [-0.2, -0.15) is 5.10 Å². The fourth-order valence-electron chi connectivity index (χ4n) is 2.20. The number of Topliss-reactive ketones (excluding diaryl/α,β-unsaturated/α-hetero) is 1. The summed E-state index contributed by atoms with van der Waals surface area (Å²) in [5.41, 5.74) is 4.42. The molecule has 0 amide bonds. The Morgan fingerprint density at radius 2 is 2.15 bits per heavy atom. The van der Waals surface area contributed by atoms with Crippen molar-refractivity contribution in [3.8, 4) is 11.5 Å². The van der Waals surface area contributed by atoms with Crippen LogP contribution in [0, 0.1) is 6.92 Å². The minimum Gasteiger partial charge on any atom is -0.490 e. The highest BCUT2D eigenvalue weighted by atomic mass is 79.9. The number of nitrogens with one attached hydrogen (secondary N) is 1. The number of aromatic nitrogens is 1. The van der Waals surface area contributed by atoms with Gasteiger partial charge in [0, 0.05) is 6.92 Å². The highest BCUT2D eigenvalue weighted by Gasteiger charge is 2.12. The summed E-state index contributed by atoms with van der Waals surface area (Å²) in [6, 6.07) is 3.78. The van der Waals surface area contributed by atoms with E-state index in [1.807, 2.05) is 26.0 Å². The van der Waals surface area contributed by atoms with Gasteiger partial charge in [-0.3, -0.25) is 10.2 Å². The van der Waals surface area contributed by atoms with E-state index in [1.165, 1.54) is 18.3 Å². The van der Waals surface area contributed by atoms with Crippen LogP contribution in [0.5, 0.6) is 11.5 Å². The number of rotatable bonds is 9. The smallest absolute Gasteiger partial charge is 0.204 e. The van der Waals surface area contributed by atoms with Crippen LogP contribution in [0.15, 0.2) is 21.7 Å². The van der Waals surface area contributed by atoms with Crippen molar-refractivity contribution in [2.75, 3.05) is 18.6 Å². The normalized spacial score (nSPS) is 11.0. The molecule has 2 aromatic rings. The van der Waals surface area contributed by atoms with Crippen molar-refractivity contribution in [1.82, 2.24) is 4.98 Å². The Bertz CT molecular complexity index is 805. The van der Waals surface area contributed by atoms with E-state index >= 15 is 0 Å². The first kappa shape index (κ1) is 20.4. The number of aryl methyl sites for hydroxylation is 1. The molecule has 0 spiro atoms. The van der Waals surface area contributed by atoms with Crippen LogP contribution in [0.3, 0.4) is 0 Å². The van der Waals surface area contributed by atoms with E-state index in [2.05, 4.69) is 38.4 Å². The maximum Gasteiger partial charge on any atom is 0.204 e. The Morgan fingerprint density at radius 1 is 1.38 bits per heavy atom. The zero-order valence-corrected chi connectivity index (χ0v) is 17.7. The van der Waals surface area contributed by atoms with Crippen LogP contribution in [-0.2, 0) is 0 Å². The summed E-state index contributed by atoms with van der Waals surface area (Å²) < 4.78 is 12.3. The number of hydrogen-bond donors (Lipinski definition) is 1. The molecule has 1 heterocycles. The van der Waals surface area contributed by atoms with Crippen LogP contribution in [0.4, 0.5) is 5.13 Å². The second-order valence-corrected chi connectivity index (χ2v) is 7.32. The number of carbonyl (C=O) groups is 1. The summed E-state index contributed by atoms with van der Waals surface area (Å²) in [6.45, 7) is 8.48. The van der Waals surface area contributed by atoms with E-state index in [4.69, 9.17) is 9.47 Å². The lowest BCUT2D eigenvalue weighted by atomic mass is 10.2. The molecule has 0 aliphatic rings. The summed E-state index contributed by atoms with van der Waals surface area (Å²) in [7, 11) is 0. The Hall–Kier alpha value is -1.93.